The molecule has 0 saturated carbocycles. The number of thiazole rings is 1. The number of rotatable bonds is 6. The molecule has 5 rings (SSSR count). The number of aryl methyl sites for hydroxylation is 1. The van der Waals surface area contributed by atoms with Crippen LogP contribution in [0.25, 0.3) is 21.4 Å². The lowest BCUT2D eigenvalue weighted by atomic mass is 9.98. The second-order valence-electron chi connectivity index (χ2n) is 9.48. The monoisotopic (exact) mass is 503 g/mol. The van der Waals surface area contributed by atoms with Crippen LogP contribution in [0.15, 0.2) is 34.7 Å². The van der Waals surface area contributed by atoms with Gasteiger partial charge in [0.25, 0.3) is 5.56 Å². The van der Waals surface area contributed by atoms with Gasteiger partial charge in [-0.15, -0.1) is 17.3 Å². The van der Waals surface area contributed by atoms with Gasteiger partial charge in [-0.1, -0.05) is 19.8 Å². The standard InChI is InChI=1S/C27H33N7OS/c1-6-9-12-32-16-24-26(30-32)23(13-25(35)31(24)5)34-15-19(7-2)33(14-20(34)8-3)18(4)21-10-11-22-27(29-21)36-17-28-22/h10-11,13,16-20H,7-8,12,14-15H2,1-5H3/t18?,19-,20+/m1/s1. The van der Waals surface area contributed by atoms with Crippen LogP contribution in [0.4, 0.5) is 5.69 Å². The summed E-state index contributed by atoms with van der Waals surface area (Å²) >= 11 is 1.59. The molecule has 8 nitrogen and oxygen atoms in total. The molecule has 9 heteroatoms. The Balaban J connectivity index is 1.50. The summed E-state index contributed by atoms with van der Waals surface area (Å²) in [4.78, 5) is 28.3. The van der Waals surface area contributed by atoms with E-state index in [0.29, 0.717) is 12.6 Å². The van der Waals surface area contributed by atoms with E-state index in [0.717, 1.165) is 58.7 Å². The van der Waals surface area contributed by atoms with Crippen molar-refractivity contribution in [1.29, 1.82) is 0 Å². The quantitative estimate of drug-likeness (QED) is 0.367. The second kappa shape index (κ2) is 10.0. The minimum absolute atomic E-state index is 0.0145. The van der Waals surface area contributed by atoms with E-state index in [1.807, 2.05) is 30.4 Å². The van der Waals surface area contributed by atoms with Crippen LogP contribution in [-0.4, -0.2) is 54.4 Å². The Hall–Kier alpha value is -3.22. The third kappa shape index (κ3) is 4.29. The summed E-state index contributed by atoms with van der Waals surface area (Å²) in [5, 5.41) is 4.86. The second-order valence-corrected chi connectivity index (χ2v) is 10.3. The molecule has 1 saturated heterocycles. The predicted octanol–water partition coefficient (Wildman–Crippen LogP) is 4.20. The van der Waals surface area contributed by atoms with Gasteiger partial charge in [0.1, 0.15) is 16.9 Å². The van der Waals surface area contributed by atoms with E-state index < -0.39 is 0 Å². The predicted molar refractivity (Wildman–Crippen MR) is 146 cm³/mol. The molecule has 1 aliphatic rings. The number of pyridine rings is 2. The molecule has 3 atom stereocenters. The van der Waals surface area contributed by atoms with Crippen LogP contribution < -0.4 is 10.5 Å². The van der Waals surface area contributed by atoms with Crippen LogP contribution in [0.1, 0.15) is 52.3 Å². The summed E-state index contributed by atoms with van der Waals surface area (Å²) in [6, 6.07) is 6.73. The Morgan fingerprint density at radius 2 is 2.00 bits per heavy atom. The third-order valence-electron chi connectivity index (χ3n) is 7.49. The van der Waals surface area contributed by atoms with Gasteiger partial charge in [-0.3, -0.25) is 14.4 Å². The summed E-state index contributed by atoms with van der Waals surface area (Å²) in [5.74, 6) is 6.00. The summed E-state index contributed by atoms with van der Waals surface area (Å²) < 4.78 is 3.52. The van der Waals surface area contributed by atoms with Crippen LogP contribution in [0, 0.1) is 11.8 Å². The first-order valence-corrected chi connectivity index (χ1v) is 13.5. The van der Waals surface area contributed by atoms with Crippen LogP contribution >= 0.6 is 11.3 Å². The van der Waals surface area contributed by atoms with Gasteiger partial charge in [0.15, 0.2) is 0 Å². The van der Waals surface area contributed by atoms with Gasteiger partial charge in [0.05, 0.1) is 34.1 Å². The topological polar surface area (TPSA) is 72.1 Å². The van der Waals surface area contributed by atoms with Gasteiger partial charge in [-0.05, 0) is 38.8 Å². The molecule has 5 heterocycles. The highest BCUT2D eigenvalue weighted by molar-refractivity contribution is 7.16. The fourth-order valence-electron chi connectivity index (χ4n) is 5.32. The Labute approximate surface area is 215 Å². The van der Waals surface area contributed by atoms with Crippen LogP contribution in [0.5, 0.6) is 0 Å². The minimum Gasteiger partial charge on any atom is -0.364 e. The summed E-state index contributed by atoms with van der Waals surface area (Å²) in [7, 11) is 1.81. The van der Waals surface area contributed by atoms with E-state index in [1.165, 1.54) is 0 Å². The van der Waals surface area contributed by atoms with Gasteiger partial charge in [-0.2, -0.15) is 5.10 Å². The summed E-state index contributed by atoms with van der Waals surface area (Å²) in [5.41, 5.74) is 6.52. The summed E-state index contributed by atoms with van der Waals surface area (Å²) in [6.45, 7) is 10.8. The van der Waals surface area contributed by atoms with Crippen molar-refractivity contribution in [3.05, 3.63) is 46.0 Å². The van der Waals surface area contributed by atoms with Crippen molar-refractivity contribution in [1.82, 2.24) is 29.2 Å². The SMILES string of the molecule is CC#CCn1cc2c(n1)c(N1C[C@@H](CC)N(C(C)c3ccc4ncsc4n3)C[C@@H]1CC)cc(=O)n2C. The zero-order valence-electron chi connectivity index (χ0n) is 21.6. The van der Waals surface area contributed by atoms with E-state index in [4.69, 9.17) is 10.1 Å². The molecule has 4 aromatic rings. The highest BCUT2D eigenvalue weighted by Crippen LogP contribution is 2.34. The number of piperazine rings is 1. The zero-order chi connectivity index (χ0) is 25.4. The van der Waals surface area contributed by atoms with Gasteiger partial charge >= 0.3 is 0 Å². The molecule has 0 aromatic carbocycles. The first-order chi connectivity index (χ1) is 17.4. The van der Waals surface area contributed by atoms with Gasteiger partial charge < -0.3 is 9.47 Å². The number of nitrogens with zero attached hydrogens (tertiary/aromatic N) is 7. The largest absolute Gasteiger partial charge is 0.364 e. The Morgan fingerprint density at radius 3 is 2.75 bits per heavy atom. The molecule has 0 spiro atoms. The van der Waals surface area contributed by atoms with E-state index in [1.54, 1.807) is 22.0 Å². The molecule has 0 N–H and O–H groups in total. The Morgan fingerprint density at radius 1 is 1.19 bits per heavy atom. The van der Waals surface area contributed by atoms with Crippen molar-refractivity contribution in [3.8, 4) is 11.8 Å². The maximum Gasteiger partial charge on any atom is 0.252 e. The number of hydrogen-bond donors (Lipinski definition) is 0. The van der Waals surface area contributed by atoms with Crippen molar-refractivity contribution in [2.75, 3.05) is 18.0 Å². The Kier molecular flexibility index (Phi) is 6.82. The first kappa shape index (κ1) is 24.5. The molecule has 0 aliphatic carbocycles. The lowest BCUT2D eigenvalue weighted by Crippen LogP contribution is -2.58. The number of fused-ring (bicyclic) bond motifs is 2. The number of anilines is 1. The van der Waals surface area contributed by atoms with Gasteiger partial charge in [-0.25, -0.2) is 9.97 Å². The molecule has 1 aliphatic heterocycles. The van der Waals surface area contributed by atoms with Gasteiger partial charge in [0, 0.05) is 44.3 Å². The average Bonchev–Trinajstić information content (AvgIpc) is 3.55. The smallest absolute Gasteiger partial charge is 0.252 e. The van der Waals surface area contributed by atoms with Crippen LogP contribution in [0.3, 0.4) is 0 Å². The Bertz CT molecular complexity index is 1510. The molecule has 4 aromatic heterocycles. The zero-order valence-corrected chi connectivity index (χ0v) is 22.4. The minimum atomic E-state index is -0.0145. The van der Waals surface area contributed by atoms with Gasteiger partial charge in [0.2, 0.25) is 0 Å². The molecule has 0 amide bonds. The molecular formula is C27H33N7OS. The highest BCUT2D eigenvalue weighted by atomic mass is 32.1. The highest BCUT2D eigenvalue weighted by Gasteiger charge is 2.36. The lowest BCUT2D eigenvalue weighted by molar-refractivity contribution is 0.0993. The van der Waals surface area contributed by atoms with Crippen molar-refractivity contribution in [2.24, 2.45) is 7.05 Å². The van der Waals surface area contributed by atoms with Crippen LogP contribution in [0.2, 0.25) is 0 Å². The average molecular weight is 504 g/mol. The third-order valence-corrected chi connectivity index (χ3v) is 8.22. The van der Waals surface area contributed by atoms with E-state index >= 15 is 0 Å². The molecule has 0 radical (unpaired) electrons. The van der Waals surface area contributed by atoms with E-state index in [9.17, 15) is 4.79 Å². The van der Waals surface area contributed by atoms with Crippen molar-refractivity contribution < 1.29 is 0 Å². The molecule has 188 valence electrons. The maximum absolute atomic E-state index is 13.0. The maximum atomic E-state index is 13.0. The molecule has 36 heavy (non-hydrogen) atoms. The fraction of sp³-hybridized carbons (Fsp3) is 0.481. The summed E-state index contributed by atoms with van der Waals surface area (Å²) in [6.07, 6.45) is 3.91. The lowest BCUT2D eigenvalue weighted by Gasteiger charge is -2.49. The molecule has 1 fully saturated rings. The first-order valence-electron chi connectivity index (χ1n) is 12.6. The molecule has 0 bridgehead atoms. The van der Waals surface area contributed by atoms with E-state index in [2.05, 4.69) is 59.5 Å². The van der Waals surface area contributed by atoms with Crippen LogP contribution in [-0.2, 0) is 13.6 Å². The van der Waals surface area contributed by atoms with Crippen molar-refractivity contribution >= 4 is 38.4 Å². The van der Waals surface area contributed by atoms with Crippen molar-refractivity contribution in [3.63, 3.8) is 0 Å². The number of aromatic nitrogens is 5. The normalized spacial score (nSPS) is 19.5. The molecule has 1 unspecified atom stereocenters. The fourth-order valence-corrected chi connectivity index (χ4v) is 5.99. The number of hydrogen-bond acceptors (Lipinski definition) is 7. The van der Waals surface area contributed by atoms with Crippen molar-refractivity contribution in [2.45, 2.75) is 65.2 Å². The van der Waals surface area contributed by atoms with E-state index in [-0.39, 0.29) is 17.6 Å². The molecular weight excluding hydrogens is 470 g/mol.